The van der Waals surface area contributed by atoms with Crippen LogP contribution >= 0.6 is 11.8 Å². The van der Waals surface area contributed by atoms with E-state index >= 15 is 0 Å². The Bertz CT molecular complexity index is 862. The lowest BCUT2D eigenvalue weighted by Gasteiger charge is -2.11. The minimum Gasteiger partial charge on any atom is -0.468 e. The molecule has 0 aliphatic carbocycles. The molecule has 5 nitrogen and oxygen atoms in total. The van der Waals surface area contributed by atoms with Gasteiger partial charge in [0.1, 0.15) is 5.82 Å². The van der Waals surface area contributed by atoms with Crippen molar-refractivity contribution in [1.29, 1.82) is 0 Å². The molecule has 25 heavy (non-hydrogen) atoms. The summed E-state index contributed by atoms with van der Waals surface area (Å²) in [6.45, 7) is 2.05. The molecule has 0 saturated heterocycles. The third-order valence-corrected chi connectivity index (χ3v) is 4.61. The van der Waals surface area contributed by atoms with Crippen LogP contribution in [0.4, 0.5) is 0 Å². The van der Waals surface area contributed by atoms with Crippen LogP contribution in [0.15, 0.2) is 59.8 Å². The van der Waals surface area contributed by atoms with Gasteiger partial charge >= 0.3 is 5.97 Å². The Hall–Kier alpha value is -2.60. The molecule has 3 rings (SSSR count). The summed E-state index contributed by atoms with van der Waals surface area (Å²) in [6, 6.07) is 18.3. The number of methoxy groups -OCH3 is 1. The predicted molar refractivity (Wildman–Crippen MR) is 98.1 cm³/mol. The molecule has 0 bridgehead atoms. The van der Waals surface area contributed by atoms with Crippen LogP contribution in [0.3, 0.4) is 0 Å². The second-order valence-electron chi connectivity index (χ2n) is 5.60. The van der Waals surface area contributed by atoms with E-state index in [1.807, 2.05) is 47.9 Å². The number of aromatic nitrogens is 3. The molecule has 2 aromatic carbocycles. The molecule has 0 N–H and O–H groups in total. The lowest BCUT2D eigenvalue weighted by atomic mass is 10.1. The van der Waals surface area contributed by atoms with E-state index in [4.69, 9.17) is 4.74 Å². The fraction of sp³-hybridized carbons (Fsp3) is 0.211. The van der Waals surface area contributed by atoms with Gasteiger partial charge in [0, 0.05) is 12.1 Å². The van der Waals surface area contributed by atoms with Crippen LogP contribution in [0, 0.1) is 6.92 Å². The first-order valence-electron chi connectivity index (χ1n) is 7.92. The summed E-state index contributed by atoms with van der Waals surface area (Å²) in [5, 5.41) is 9.34. The first kappa shape index (κ1) is 17.2. The first-order chi connectivity index (χ1) is 12.2. The topological polar surface area (TPSA) is 57.0 Å². The van der Waals surface area contributed by atoms with Crippen molar-refractivity contribution in [2.75, 3.05) is 12.9 Å². The summed E-state index contributed by atoms with van der Waals surface area (Å²) in [5.74, 6) is 0.753. The molecule has 0 aliphatic heterocycles. The number of benzene rings is 2. The Morgan fingerprint density at radius 1 is 1.12 bits per heavy atom. The third-order valence-electron chi connectivity index (χ3n) is 3.71. The van der Waals surface area contributed by atoms with Gasteiger partial charge in [-0.25, -0.2) is 0 Å². The molecule has 0 saturated carbocycles. The van der Waals surface area contributed by atoms with Gasteiger partial charge in [-0.3, -0.25) is 9.36 Å². The molecule has 0 atom stereocenters. The van der Waals surface area contributed by atoms with E-state index < -0.39 is 0 Å². The maximum absolute atomic E-state index is 11.5. The molecule has 0 aliphatic rings. The van der Waals surface area contributed by atoms with Gasteiger partial charge in [-0.2, -0.15) is 0 Å². The van der Waals surface area contributed by atoms with Crippen molar-refractivity contribution in [3.05, 3.63) is 71.5 Å². The summed E-state index contributed by atoms with van der Waals surface area (Å²) in [6.07, 6.45) is 0.667. The van der Waals surface area contributed by atoms with Crippen molar-refractivity contribution >= 4 is 17.7 Å². The number of rotatable bonds is 6. The number of hydrogen-bond acceptors (Lipinski definition) is 5. The molecule has 1 aromatic heterocycles. The van der Waals surface area contributed by atoms with Crippen LogP contribution in [-0.4, -0.2) is 33.6 Å². The van der Waals surface area contributed by atoms with Crippen LogP contribution in [0.1, 0.15) is 17.0 Å². The Labute approximate surface area is 151 Å². The minimum absolute atomic E-state index is 0.200. The number of nitrogens with zero attached hydrogens (tertiary/aromatic N) is 3. The molecular weight excluding hydrogens is 334 g/mol. The predicted octanol–water partition coefficient (Wildman–Crippen LogP) is 3.43. The van der Waals surface area contributed by atoms with Crippen molar-refractivity contribution in [3.8, 4) is 5.69 Å². The number of hydrogen-bond donors (Lipinski definition) is 0. The average molecular weight is 353 g/mol. The second kappa shape index (κ2) is 7.98. The zero-order valence-corrected chi connectivity index (χ0v) is 15.0. The van der Waals surface area contributed by atoms with E-state index in [-0.39, 0.29) is 11.7 Å². The maximum Gasteiger partial charge on any atom is 0.316 e. The largest absolute Gasteiger partial charge is 0.468 e. The minimum atomic E-state index is -0.284. The van der Waals surface area contributed by atoms with Gasteiger partial charge in [0.25, 0.3) is 0 Å². The Kier molecular flexibility index (Phi) is 5.50. The van der Waals surface area contributed by atoms with E-state index in [1.165, 1.54) is 18.9 Å². The third kappa shape index (κ3) is 4.28. The Balaban J connectivity index is 1.97. The molecule has 0 fully saturated rings. The standard InChI is InChI=1S/C19H19N3O2S/c1-14-7-6-10-16(11-14)22-17(12-15-8-4-3-5-9-15)20-21-19(22)25-13-18(23)24-2/h3-11H,12-13H2,1-2H3. The Morgan fingerprint density at radius 3 is 2.64 bits per heavy atom. The fourth-order valence-electron chi connectivity index (χ4n) is 2.50. The highest BCUT2D eigenvalue weighted by molar-refractivity contribution is 7.99. The van der Waals surface area contributed by atoms with Gasteiger partial charge in [-0.05, 0) is 30.2 Å². The van der Waals surface area contributed by atoms with E-state index in [1.54, 1.807) is 0 Å². The zero-order valence-electron chi connectivity index (χ0n) is 14.2. The number of aryl methyl sites for hydroxylation is 1. The highest BCUT2D eigenvalue weighted by Gasteiger charge is 2.16. The van der Waals surface area contributed by atoms with Crippen LogP contribution in [-0.2, 0) is 16.0 Å². The van der Waals surface area contributed by atoms with E-state index in [9.17, 15) is 4.79 Å². The van der Waals surface area contributed by atoms with Crippen molar-refractivity contribution in [3.63, 3.8) is 0 Å². The molecule has 6 heteroatoms. The highest BCUT2D eigenvalue weighted by Crippen LogP contribution is 2.24. The van der Waals surface area contributed by atoms with Crippen LogP contribution in [0.5, 0.6) is 0 Å². The van der Waals surface area contributed by atoms with Gasteiger partial charge in [0.05, 0.1) is 12.9 Å². The zero-order chi connectivity index (χ0) is 17.6. The van der Waals surface area contributed by atoms with E-state index in [0.29, 0.717) is 11.6 Å². The van der Waals surface area contributed by atoms with Crippen LogP contribution < -0.4 is 0 Å². The quantitative estimate of drug-likeness (QED) is 0.502. The fourth-order valence-corrected chi connectivity index (χ4v) is 3.30. The molecule has 0 spiro atoms. The van der Waals surface area contributed by atoms with Gasteiger partial charge in [0.15, 0.2) is 5.16 Å². The summed E-state index contributed by atoms with van der Waals surface area (Å²) in [4.78, 5) is 11.5. The molecule has 3 aromatic rings. The SMILES string of the molecule is COC(=O)CSc1nnc(Cc2ccccc2)n1-c1cccc(C)c1. The van der Waals surface area contributed by atoms with Crippen molar-refractivity contribution < 1.29 is 9.53 Å². The van der Waals surface area contributed by atoms with Crippen molar-refractivity contribution in [1.82, 2.24) is 14.8 Å². The monoisotopic (exact) mass is 353 g/mol. The van der Waals surface area contributed by atoms with Crippen molar-refractivity contribution in [2.45, 2.75) is 18.5 Å². The van der Waals surface area contributed by atoms with Gasteiger partial charge in [-0.15, -0.1) is 10.2 Å². The number of ether oxygens (including phenoxy) is 1. The van der Waals surface area contributed by atoms with Crippen molar-refractivity contribution in [2.24, 2.45) is 0 Å². The number of thioether (sulfide) groups is 1. The average Bonchev–Trinajstić information content (AvgIpc) is 3.03. The number of carbonyl (C=O) groups excluding carboxylic acids is 1. The summed E-state index contributed by atoms with van der Waals surface area (Å²) >= 11 is 1.33. The smallest absolute Gasteiger partial charge is 0.316 e. The Morgan fingerprint density at radius 2 is 1.92 bits per heavy atom. The molecule has 1 heterocycles. The van der Waals surface area contributed by atoms with E-state index in [0.717, 1.165) is 22.6 Å². The normalized spacial score (nSPS) is 10.6. The summed E-state index contributed by atoms with van der Waals surface area (Å²) < 4.78 is 6.73. The molecule has 0 unspecified atom stereocenters. The number of esters is 1. The van der Waals surface area contributed by atoms with Gasteiger partial charge < -0.3 is 4.74 Å². The maximum atomic E-state index is 11.5. The molecule has 0 amide bonds. The lowest BCUT2D eigenvalue weighted by molar-refractivity contribution is -0.137. The van der Waals surface area contributed by atoms with Crippen LogP contribution in [0.25, 0.3) is 5.69 Å². The molecule has 0 radical (unpaired) electrons. The lowest BCUT2D eigenvalue weighted by Crippen LogP contribution is -2.07. The van der Waals surface area contributed by atoms with Gasteiger partial charge in [-0.1, -0.05) is 54.2 Å². The number of carbonyl (C=O) groups is 1. The highest BCUT2D eigenvalue weighted by atomic mass is 32.2. The summed E-state index contributed by atoms with van der Waals surface area (Å²) in [5.41, 5.74) is 3.30. The first-order valence-corrected chi connectivity index (χ1v) is 8.91. The molecule has 128 valence electrons. The van der Waals surface area contributed by atoms with Crippen LogP contribution in [0.2, 0.25) is 0 Å². The second-order valence-corrected chi connectivity index (χ2v) is 6.54. The van der Waals surface area contributed by atoms with E-state index in [2.05, 4.69) is 28.4 Å². The van der Waals surface area contributed by atoms with Gasteiger partial charge in [0.2, 0.25) is 0 Å². The summed E-state index contributed by atoms with van der Waals surface area (Å²) in [7, 11) is 1.38. The molecular formula is C19H19N3O2S.